The van der Waals surface area contributed by atoms with E-state index >= 15 is 0 Å². The maximum absolute atomic E-state index is 11.3. The third kappa shape index (κ3) is 3.36. The van der Waals surface area contributed by atoms with Crippen LogP contribution in [0.3, 0.4) is 0 Å². The van der Waals surface area contributed by atoms with Crippen LogP contribution < -0.4 is 0 Å². The van der Waals surface area contributed by atoms with Gasteiger partial charge in [-0.3, -0.25) is 19.7 Å². The number of benzene rings is 1. The summed E-state index contributed by atoms with van der Waals surface area (Å²) in [6.45, 7) is 1.93. The fourth-order valence-electron chi connectivity index (χ4n) is 1.38. The summed E-state index contributed by atoms with van der Waals surface area (Å²) in [6, 6.07) is 2.52. The highest BCUT2D eigenvalue weighted by Crippen LogP contribution is 2.27. The molecule has 7 heteroatoms. The summed E-state index contributed by atoms with van der Waals surface area (Å²) in [5.41, 5.74) is 0.105. The highest BCUT2D eigenvalue weighted by Gasteiger charge is 2.18. The molecule has 18 heavy (non-hydrogen) atoms. The fourth-order valence-corrected chi connectivity index (χ4v) is 1.85. The highest BCUT2D eigenvalue weighted by atomic mass is 79.9. The molecule has 0 aliphatic heterocycles. The molecule has 0 N–H and O–H groups in total. The molecule has 1 rings (SSSR count). The number of carbonyl (C=O) groups excluding carboxylic acids is 2. The van der Waals surface area contributed by atoms with Crippen molar-refractivity contribution in [3.63, 3.8) is 0 Å². The minimum Gasteiger partial charge on any atom is -0.466 e. The van der Waals surface area contributed by atoms with Crippen LogP contribution in [-0.2, 0) is 16.0 Å². The Bertz CT molecular complexity index is 500. The first-order valence-corrected chi connectivity index (χ1v) is 5.86. The zero-order chi connectivity index (χ0) is 13.7. The summed E-state index contributed by atoms with van der Waals surface area (Å²) < 4.78 is 5.17. The topological polar surface area (TPSA) is 86.5 Å². The normalized spacial score (nSPS) is 9.89. The number of carbonyl (C=O) groups is 2. The van der Waals surface area contributed by atoms with Crippen LogP contribution in [0.15, 0.2) is 16.6 Å². The van der Waals surface area contributed by atoms with Gasteiger partial charge in [-0.15, -0.1) is 0 Å². The van der Waals surface area contributed by atoms with Gasteiger partial charge in [-0.2, -0.15) is 0 Å². The Morgan fingerprint density at radius 3 is 2.72 bits per heavy atom. The first-order chi connectivity index (χ1) is 8.49. The van der Waals surface area contributed by atoms with Gasteiger partial charge in [0.2, 0.25) is 0 Å². The Hall–Kier alpha value is -1.76. The van der Waals surface area contributed by atoms with Gasteiger partial charge in [0.25, 0.3) is 5.69 Å². The first-order valence-electron chi connectivity index (χ1n) is 5.07. The van der Waals surface area contributed by atoms with E-state index in [1.807, 2.05) is 0 Å². The molecule has 0 radical (unpaired) electrons. The molecule has 0 atom stereocenters. The predicted molar refractivity (Wildman–Crippen MR) is 66.5 cm³/mol. The van der Waals surface area contributed by atoms with E-state index in [1.165, 1.54) is 12.1 Å². The molecule has 0 unspecified atom stereocenters. The second-order valence-corrected chi connectivity index (χ2v) is 4.21. The Balaban J connectivity index is 3.11. The maximum atomic E-state index is 11.3. The molecule has 0 amide bonds. The number of rotatable bonds is 5. The Labute approximate surface area is 111 Å². The molecule has 0 aliphatic carbocycles. The van der Waals surface area contributed by atoms with Crippen molar-refractivity contribution in [2.24, 2.45) is 0 Å². The maximum Gasteiger partial charge on any atom is 0.310 e. The number of esters is 1. The molecular weight excluding hydrogens is 306 g/mol. The fraction of sp³-hybridized carbons (Fsp3) is 0.273. The zero-order valence-corrected chi connectivity index (χ0v) is 11.1. The van der Waals surface area contributed by atoms with Crippen molar-refractivity contribution in [1.82, 2.24) is 0 Å². The molecule has 0 aromatic heterocycles. The minimum atomic E-state index is -0.650. The summed E-state index contributed by atoms with van der Waals surface area (Å²) in [5, 5.41) is 10.7. The van der Waals surface area contributed by atoms with Crippen molar-refractivity contribution in [3.05, 3.63) is 37.8 Å². The zero-order valence-electron chi connectivity index (χ0n) is 9.51. The average molecular weight is 316 g/mol. The Morgan fingerprint density at radius 1 is 1.56 bits per heavy atom. The van der Waals surface area contributed by atoms with E-state index in [9.17, 15) is 19.7 Å². The molecule has 96 valence electrons. The van der Waals surface area contributed by atoms with Gasteiger partial charge in [-0.25, -0.2) is 0 Å². The smallest absolute Gasteiger partial charge is 0.310 e. The van der Waals surface area contributed by atoms with Crippen LogP contribution >= 0.6 is 15.9 Å². The summed E-state index contributed by atoms with van der Waals surface area (Å²) in [6.07, 6.45) is 0.340. The summed E-state index contributed by atoms with van der Waals surface area (Å²) >= 11 is 3.13. The number of nitro groups is 1. The molecule has 0 bridgehead atoms. The van der Waals surface area contributed by atoms with Crippen LogP contribution in [0.4, 0.5) is 5.69 Å². The molecule has 1 aromatic rings. The Kier molecular flexibility index (Phi) is 4.96. The van der Waals surface area contributed by atoms with Gasteiger partial charge < -0.3 is 4.74 Å². The lowest BCUT2D eigenvalue weighted by Crippen LogP contribution is -2.08. The second-order valence-electron chi connectivity index (χ2n) is 3.36. The van der Waals surface area contributed by atoms with Gasteiger partial charge in [0.05, 0.1) is 23.5 Å². The molecule has 0 saturated heterocycles. The number of hydrogen-bond donors (Lipinski definition) is 0. The molecule has 0 aliphatic rings. The monoisotopic (exact) mass is 315 g/mol. The quantitative estimate of drug-likeness (QED) is 0.360. The van der Waals surface area contributed by atoms with Crippen molar-refractivity contribution in [1.29, 1.82) is 0 Å². The third-order valence-electron chi connectivity index (χ3n) is 2.16. The summed E-state index contributed by atoms with van der Waals surface area (Å²) in [7, 11) is 0. The number of hydrogen-bond acceptors (Lipinski definition) is 5. The summed E-state index contributed by atoms with van der Waals surface area (Å²) in [4.78, 5) is 32.1. The number of aldehydes is 1. The van der Waals surface area contributed by atoms with Crippen LogP contribution in [-0.4, -0.2) is 23.8 Å². The molecular formula is C11H10BrNO5. The van der Waals surface area contributed by atoms with Gasteiger partial charge in [-0.1, -0.05) is 15.9 Å². The van der Waals surface area contributed by atoms with Gasteiger partial charge in [-0.05, 0) is 18.6 Å². The first kappa shape index (κ1) is 14.3. The van der Waals surface area contributed by atoms with Crippen LogP contribution in [0.25, 0.3) is 0 Å². The van der Waals surface area contributed by atoms with E-state index in [0.29, 0.717) is 16.3 Å². The van der Waals surface area contributed by atoms with Gasteiger partial charge in [0, 0.05) is 10.5 Å². The van der Waals surface area contributed by atoms with E-state index in [-0.39, 0.29) is 24.3 Å². The average Bonchev–Trinajstić information content (AvgIpc) is 2.31. The molecule has 6 nitrogen and oxygen atoms in total. The van der Waals surface area contributed by atoms with E-state index in [0.717, 1.165) is 0 Å². The standard InChI is InChI=1S/C11H10BrNO5/c1-2-18-11(15)4-7-3-8(6-14)10(13(16)17)5-9(7)12/h3,5-6H,2,4H2,1H3. The predicted octanol–water partition coefficient (Wildman–Crippen LogP) is 2.28. The summed E-state index contributed by atoms with van der Waals surface area (Å²) in [5.74, 6) is -0.455. The molecule has 0 heterocycles. The number of halogens is 1. The lowest BCUT2D eigenvalue weighted by Gasteiger charge is -2.06. The van der Waals surface area contributed by atoms with E-state index in [2.05, 4.69) is 15.9 Å². The van der Waals surface area contributed by atoms with Crippen molar-refractivity contribution in [2.75, 3.05) is 6.61 Å². The van der Waals surface area contributed by atoms with E-state index in [1.54, 1.807) is 6.92 Å². The number of nitro benzene ring substituents is 1. The largest absolute Gasteiger partial charge is 0.466 e. The molecule has 1 aromatic carbocycles. The molecule has 0 saturated carbocycles. The molecule has 0 fully saturated rings. The van der Waals surface area contributed by atoms with Gasteiger partial charge in [0.1, 0.15) is 0 Å². The number of ether oxygens (including phenoxy) is 1. The number of nitrogens with zero attached hydrogens (tertiary/aromatic N) is 1. The van der Waals surface area contributed by atoms with Gasteiger partial charge in [0.15, 0.2) is 6.29 Å². The van der Waals surface area contributed by atoms with Crippen molar-refractivity contribution in [2.45, 2.75) is 13.3 Å². The van der Waals surface area contributed by atoms with E-state index < -0.39 is 10.9 Å². The van der Waals surface area contributed by atoms with Crippen molar-refractivity contribution in [3.8, 4) is 0 Å². The second kappa shape index (κ2) is 6.25. The lowest BCUT2D eigenvalue weighted by atomic mass is 10.1. The van der Waals surface area contributed by atoms with Crippen molar-refractivity contribution >= 4 is 33.9 Å². The minimum absolute atomic E-state index is 0.0484. The third-order valence-corrected chi connectivity index (χ3v) is 2.90. The van der Waals surface area contributed by atoms with E-state index in [4.69, 9.17) is 4.74 Å². The molecule has 0 spiro atoms. The lowest BCUT2D eigenvalue weighted by molar-refractivity contribution is -0.385. The van der Waals surface area contributed by atoms with Crippen LogP contribution in [0.2, 0.25) is 0 Å². The van der Waals surface area contributed by atoms with Gasteiger partial charge >= 0.3 is 5.97 Å². The SMILES string of the molecule is CCOC(=O)Cc1cc(C=O)c([N+](=O)[O-])cc1Br. The highest BCUT2D eigenvalue weighted by molar-refractivity contribution is 9.10. The van der Waals surface area contributed by atoms with Crippen molar-refractivity contribution < 1.29 is 19.2 Å². The Morgan fingerprint density at radius 2 is 2.22 bits per heavy atom. The van der Waals surface area contributed by atoms with Crippen LogP contribution in [0.5, 0.6) is 0 Å². The van der Waals surface area contributed by atoms with Crippen LogP contribution in [0.1, 0.15) is 22.8 Å². The van der Waals surface area contributed by atoms with Crippen LogP contribution in [0, 0.1) is 10.1 Å².